The number of hydrogen-bond donors (Lipinski definition) is 2. The summed E-state index contributed by atoms with van der Waals surface area (Å²) in [6.45, 7) is 4.82. The SMILES string of the molecule is C[C@@H]1CNC[C@H]1C(=O)NCC1CC=CCC1. The summed E-state index contributed by atoms with van der Waals surface area (Å²) in [5.41, 5.74) is 0. The number of allylic oxidation sites excluding steroid dienone is 2. The molecule has 1 heterocycles. The van der Waals surface area contributed by atoms with Crippen molar-refractivity contribution in [3.8, 4) is 0 Å². The summed E-state index contributed by atoms with van der Waals surface area (Å²) >= 11 is 0. The van der Waals surface area contributed by atoms with E-state index in [1.807, 2.05) is 0 Å². The van der Waals surface area contributed by atoms with Crippen LogP contribution < -0.4 is 10.6 Å². The highest BCUT2D eigenvalue weighted by atomic mass is 16.1. The second-order valence-corrected chi connectivity index (χ2v) is 5.14. The van der Waals surface area contributed by atoms with E-state index in [1.54, 1.807) is 0 Å². The average Bonchev–Trinajstić information content (AvgIpc) is 2.74. The van der Waals surface area contributed by atoms with E-state index < -0.39 is 0 Å². The van der Waals surface area contributed by atoms with Crippen LogP contribution in [0.1, 0.15) is 26.2 Å². The first-order valence-corrected chi connectivity index (χ1v) is 6.41. The van der Waals surface area contributed by atoms with Crippen LogP contribution in [-0.4, -0.2) is 25.5 Å². The minimum atomic E-state index is 0.180. The number of amides is 1. The Morgan fingerprint density at radius 3 is 2.94 bits per heavy atom. The molecule has 3 atom stereocenters. The minimum Gasteiger partial charge on any atom is -0.356 e. The molecule has 3 nitrogen and oxygen atoms in total. The zero-order valence-corrected chi connectivity index (χ0v) is 10.0. The van der Waals surface area contributed by atoms with Gasteiger partial charge in [-0.05, 0) is 37.6 Å². The molecule has 2 aliphatic rings. The molecule has 16 heavy (non-hydrogen) atoms. The lowest BCUT2D eigenvalue weighted by Crippen LogP contribution is -2.37. The van der Waals surface area contributed by atoms with Crippen LogP contribution in [-0.2, 0) is 4.79 Å². The molecular weight excluding hydrogens is 200 g/mol. The standard InChI is InChI=1S/C13H22N2O/c1-10-7-14-9-12(10)13(16)15-8-11-5-3-2-4-6-11/h2-3,10-12,14H,4-9H2,1H3,(H,15,16)/t10-,11?,12-/m1/s1. The van der Waals surface area contributed by atoms with Crippen molar-refractivity contribution in [2.45, 2.75) is 26.2 Å². The Hall–Kier alpha value is -0.830. The maximum Gasteiger partial charge on any atom is 0.224 e. The molecule has 2 rings (SSSR count). The largest absolute Gasteiger partial charge is 0.356 e. The van der Waals surface area contributed by atoms with Gasteiger partial charge in [0.15, 0.2) is 0 Å². The number of nitrogens with one attached hydrogen (secondary N) is 2. The minimum absolute atomic E-state index is 0.180. The molecule has 2 N–H and O–H groups in total. The summed E-state index contributed by atoms with van der Waals surface area (Å²) in [5.74, 6) is 1.55. The predicted octanol–water partition coefficient (Wildman–Crippen LogP) is 1.31. The molecule has 3 heteroatoms. The zero-order chi connectivity index (χ0) is 11.4. The van der Waals surface area contributed by atoms with Crippen molar-refractivity contribution in [2.75, 3.05) is 19.6 Å². The number of hydrogen-bond acceptors (Lipinski definition) is 2. The molecule has 0 aromatic heterocycles. The van der Waals surface area contributed by atoms with E-state index in [9.17, 15) is 4.79 Å². The number of rotatable bonds is 3. The van der Waals surface area contributed by atoms with E-state index in [2.05, 4.69) is 29.7 Å². The third kappa shape index (κ3) is 2.85. The molecule has 1 saturated heterocycles. The van der Waals surface area contributed by atoms with Crippen LogP contribution in [0.5, 0.6) is 0 Å². The van der Waals surface area contributed by atoms with E-state index in [1.165, 1.54) is 12.8 Å². The number of carbonyl (C=O) groups excluding carboxylic acids is 1. The van der Waals surface area contributed by atoms with Crippen LogP contribution in [0.15, 0.2) is 12.2 Å². The van der Waals surface area contributed by atoms with Crippen molar-refractivity contribution in [1.82, 2.24) is 10.6 Å². The van der Waals surface area contributed by atoms with Crippen LogP contribution in [0.2, 0.25) is 0 Å². The highest BCUT2D eigenvalue weighted by Gasteiger charge is 2.29. The first-order chi connectivity index (χ1) is 7.77. The second-order valence-electron chi connectivity index (χ2n) is 5.14. The lowest BCUT2D eigenvalue weighted by molar-refractivity contribution is -0.125. The lowest BCUT2D eigenvalue weighted by atomic mass is 9.93. The quantitative estimate of drug-likeness (QED) is 0.707. The highest BCUT2D eigenvalue weighted by molar-refractivity contribution is 5.79. The molecule has 0 saturated carbocycles. The predicted molar refractivity (Wildman–Crippen MR) is 65.0 cm³/mol. The molecule has 0 radical (unpaired) electrons. The summed E-state index contributed by atoms with van der Waals surface area (Å²) in [6.07, 6.45) is 7.98. The maximum absolute atomic E-state index is 11.9. The molecule has 0 bridgehead atoms. The Balaban J connectivity index is 1.72. The van der Waals surface area contributed by atoms with Gasteiger partial charge in [-0.3, -0.25) is 4.79 Å². The zero-order valence-electron chi connectivity index (χ0n) is 10.0. The van der Waals surface area contributed by atoms with Crippen molar-refractivity contribution < 1.29 is 4.79 Å². The first kappa shape index (κ1) is 11.6. The Morgan fingerprint density at radius 1 is 1.44 bits per heavy atom. The van der Waals surface area contributed by atoms with Gasteiger partial charge >= 0.3 is 0 Å². The van der Waals surface area contributed by atoms with Crippen molar-refractivity contribution in [1.29, 1.82) is 0 Å². The van der Waals surface area contributed by atoms with Gasteiger partial charge in [-0.2, -0.15) is 0 Å². The van der Waals surface area contributed by atoms with Gasteiger partial charge < -0.3 is 10.6 Å². The second kappa shape index (κ2) is 5.48. The summed E-state index contributed by atoms with van der Waals surface area (Å²) in [5, 5.41) is 6.38. The van der Waals surface area contributed by atoms with Gasteiger partial charge in [0.2, 0.25) is 5.91 Å². The lowest BCUT2D eigenvalue weighted by Gasteiger charge is -2.20. The van der Waals surface area contributed by atoms with Crippen LogP contribution in [0, 0.1) is 17.8 Å². The fourth-order valence-corrected chi connectivity index (χ4v) is 2.58. The summed E-state index contributed by atoms with van der Waals surface area (Å²) in [4.78, 5) is 11.9. The van der Waals surface area contributed by atoms with Gasteiger partial charge in [-0.15, -0.1) is 0 Å². The summed E-state index contributed by atoms with van der Waals surface area (Å²) in [7, 11) is 0. The fourth-order valence-electron chi connectivity index (χ4n) is 2.58. The van der Waals surface area contributed by atoms with Crippen molar-refractivity contribution in [3.63, 3.8) is 0 Å². The summed E-state index contributed by atoms with van der Waals surface area (Å²) < 4.78 is 0. The Morgan fingerprint density at radius 2 is 2.31 bits per heavy atom. The van der Waals surface area contributed by atoms with E-state index in [0.29, 0.717) is 11.8 Å². The smallest absolute Gasteiger partial charge is 0.224 e. The normalized spacial score (nSPS) is 33.9. The Kier molecular flexibility index (Phi) is 3.99. The van der Waals surface area contributed by atoms with Gasteiger partial charge in [-0.25, -0.2) is 0 Å². The molecule has 1 amide bonds. The topological polar surface area (TPSA) is 41.1 Å². The molecule has 0 spiro atoms. The third-order valence-corrected chi connectivity index (χ3v) is 3.80. The third-order valence-electron chi connectivity index (χ3n) is 3.80. The maximum atomic E-state index is 11.9. The van der Waals surface area contributed by atoms with Gasteiger partial charge in [0.05, 0.1) is 5.92 Å². The van der Waals surface area contributed by atoms with Gasteiger partial charge in [-0.1, -0.05) is 19.1 Å². The van der Waals surface area contributed by atoms with E-state index in [0.717, 1.165) is 26.1 Å². The average molecular weight is 222 g/mol. The molecule has 0 aromatic rings. The monoisotopic (exact) mass is 222 g/mol. The van der Waals surface area contributed by atoms with E-state index in [-0.39, 0.29) is 11.8 Å². The highest BCUT2D eigenvalue weighted by Crippen LogP contribution is 2.19. The van der Waals surface area contributed by atoms with Crippen LogP contribution in [0.25, 0.3) is 0 Å². The van der Waals surface area contributed by atoms with E-state index in [4.69, 9.17) is 0 Å². The van der Waals surface area contributed by atoms with Gasteiger partial charge in [0.1, 0.15) is 0 Å². The molecule has 1 aliphatic heterocycles. The number of carbonyl (C=O) groups is 1. The van der Waals surface area contributed by atoms with Crippen molar-refractivity contribution in [3.05, 3.63) is 12.2 Å². The molecule has 0 aromatic carbocycles. The fraction of sp³-hybridized carbons (Fsp3) is 0.769. The molecule has 1 fully saturated rings. The van der Waals surface area contributed by atoms with Crippen molar-refractivity contribution >= 4 is 5.91 Å². The van der Waals surface area contributed by atoms with Gasteiger partial charge in [0.25, 0.3) is 0 Å². The molecule has 90 valence electrons. The Bertz CT molecular complexity index is 275. The van der Waals surface area contributed by atoms with Crippen LogP contribution in [0.4, 0.5) is 0 Å². The molecule has 1 unspecified atom stereocenters. The van der Waals surface area contributed by atoms with Crippen molar-refractivity contribution in [2.24, 2.45) is 17.8 Å². The van der Waals surface area contributed by atoms with E-state index >= 15 is 0 Å². The van der Waals surface area contributed by atoms with Crippen LogP contribution >= 0.6 is 0 Å². The first-order valence-electron chi connectivity index (χ1n) is 6.41. The van der Waals surface area contributed by atoms with Crippen LogP contribution in [0.3, 0.4) is 0 Å². The summed E-state index contributed by atoms with van der Waals surface area (Å²) in [6, 6.07) is 0. The van der Waals surface area contributed by atoms with Gasteiger partial charge in [0, 0.05) is 13.1 Å². The molecular formula is C13H22N2O. The Labute approximate surface area is 97.7 Å². The molecule has 1 aliphatic carbocycles.